The lowest BCUT2D eigenvalue weighted by molar-refractivity contribution is 0.0139. The Hall–Kier alpha value is -1.63. The Morgan fingerprint density at radius 2 is 1.76 bits per heavy atom. The Morgan fingerprint density at radius 1 is 1.24 bits per heavy atom. The second-order valence-corrected chi connectivity index (χ2v) is 8.23. The van der Waals surface area contributed by atoms with Gasteiger partial charge >= 0.3 is 6.09 Å². The predicted molar refractivity (Wildman–Crippen MR) is 75.2 cm³/mol. The highest BCUT2D eigenvalue weighted by Crippen LogP contribution is 2.25. The summed E-state index contributed by atoms with van der Waals surface area (Å²) in [5.41, 5.74) is -0.613. The first-order chi connectivity index (χ1) is 9.59. The first kappa shape index (κ1) is 15.8. The van der Waals surface area contributed by atoms with Gasteiger partial charge in [-0.05, 0) is 45.0 Å². The van der Waals surface area contributed by atoms with E-state index in [0.29, 0.717) is 0 Å². The lowest BCUT2D eigenvalue weighted by atomic mass is 10.2. The van der Waals surface area contributed by atoms with Crippen LogP contribution in [0.15, 0.2) is 29.2 Å². The normalized spacial score (nSPS) is 16.5. The predicted octanol–water partition coefficient (Wildman–Crippen LogP) is 2.22. The van der Waals surface area contributed by atoms with Gasteiger partial charge in [0.25, 0.3) is 0 Å². The highest BCUT2D eigenvalue weighted by molar-refractivity contribution is 7.92. The van der Waals surface area contributed by atoms with Crippen molar-refractivity contribution in [3.63, 3.8) is 0 Å². The molecule has 1 aliphatic heterocycles. The zero-order valence-electron chi connectivity index (χ0n) is 12.2. The number of carbonyl (C=O) groups excluding carboxylic acids is 1. The molecule has 1 fully saturated rings. The second-order valence-electron chi connectivity index (χ2n) is 6.01. The van der Waals surface area contributed by atoms with Crippen LogP contribution < -0.4 is 0 Å². The van der Waals surface area contributed by atoms with Crippen molar-refractivity contribution in [3.05, 3.63) is 30.1 Å². The van der Waals surface area contributed by atoms with E-state index in [0.717, 1.165) is 12.1 Å². The minimum atomic E-state index is -3.55. The summed E-state index contributed by atoms with van der Waals surface area (Å²) < 4.78 is 42.6. The fourth-order valence-electron chi connectivity index (χ4n) is 1.93. The molecule has 1 amide bonds. The highest BCUT2D eigenvalue weighted by atomic mass is 32.2. The molecule has 21 heavy (non-hydrogen) atoms. The quantitative estimate of drug-likeness (QED) is 0.785. The van der Waals surface area contributed by atoms with E-state index in [-0.39, 0.29) is 18.0 Å². The molecular formula is C14H18FNO4S. The minimum Gasteiger partial charge on any atom is -0.444 e. The third-order valence-corrected chi connectivity index (χ3v) is 5.19. The molecule has 0 bridgehead atoms. The number of hydrogen-bond donors (Lipinski definition) is 0. The van der Waals surface area contributed by atoms with E-state index in [4.69, 9.17) is 4.74 Å². The molecule has 0 aromatic heterocycles. The van der Waals surface area contributed by atoms with Gasteiger partial charge in [0, 0.05) is 13.1 Å². The Bertz CT molecular complexity index is 628. The van der Waals surface area contributed by atoms with E-state index >= 15 is 0 Å². The first-order valence-corrected chi connectivity index (χ1v) is 8.11. The molecule has 0 aliphatic carbocycles. The van der Waals surface area contributed by atoms with E-state index in [1.807, 2.05) is 0 Å². The number of nitrogens with zero attached hydrogens (tertiary/aromatic N) is 1. The molecule has 0 saturated carbocycles. The largest absolute Gasteiger partial charge is 0.444 e. The Morgan fingerprint density at radius 3 is 2.24 bits per heavy atom. The van der Waals surface area contributed by atoms with Crippen LogP contribution in [0.4, 0.5) is 9.18 Å². The SMILES string of the molecule is CC(C)(C)OC(=O)N1CC(S(=O)(=O)c2ccc(F)cc2)C1. The number of ether oxygens (including phenoxy) is 1. The number of amides is 1. The number of sulfone groups is 1. The number of carbonyl (C=O) groups is 1. The molecule has 0 N–H and O–H groups in total. The van der Waals surface area contributed by atoms with Crippen LogP contribution >= 0.6 is 0 Å². The van der Waals surface area contributed by atoms with Gasteiger partial charge in [-0.3, -0.25) is 0 Å². The highest BCUT2D eigenvalue weighted by Gasteiger charge is 2.42. The van der Waals surface area contributed by atoms with E-state index in [2.05, 4.69) is 0 Å². The molecule has 0 spiro atoms. The first-order valence-electron chi connectivity index (χ1n) is 6.57. The van der Waals surface area contributed by atoms with Crippen LogP contribution in [0.5, 0.6) is 0 Å². The van der Waals surface area contributed by atoms with Crippen LogP contribution in [0.25, 0.3) is 0 Å². The molecule has 0 atom stereocenters. The van der Waals surface area contributed by atoms with Gasteiger partial charge in [0.2, 0.25) is 0 Å². The van der Waals surface area contributed by atoms with Crippen molar-refractivity contribution in [2.24, 2.45) is 0 Å². The number of hydrogen-bond acceptors (Lipinski definition) is 4. The van der Waals surface area contributed by atoms with E-state index in [1.54, 1.807) is 20.8 Å². The van der Waals surface area contributed by atoms with Crippen molar-refractivity contribution >= 4 is 15.9 Å². The lowest BCUT2D eigenvalue weighted by Gasteiger charge is -2.39. The zero-order valence-corrected chi connectivity index (χ0v) is 13.0. The van der Waals surface area contributed by atoms with E-state index in [9.17, 15) is 17.6 Å². The average Bonchev–Trinajstić information content (AvgIpc) is 2.24. The molecule has 1 aliphatic rings. The summed E-state index contributed by atoms with van der Waals surface area (Å²) in [6.45, 7) is 5.43. The number of likely N-dealkylation sites (tertiary alicyclic amines) is 1. The molecule has 1 heterocycles. The smallest absolute Gasteiger partial charge is 0.410 e. The molecule has 1 saturated heterocycles. The summed E-state index contributed by atoms with van der Waals surface area (Å²) in [7, 11) is -3.55. The van der Waals surface area contributed by atoms with Gasteiger partial charge in [0.1, 0.15) is 16.7 Å². The third-order valence-electron chi connectivity index (χ3n) is 3.08. The molecule has 0 unspecified atom stereocenters. The van der Waals surface area contributed by atoms with Crippen LogP contribution in [0.3, 0.4) is 0 Å². The molecule has 1 aromatic carbocycles. The summed E-state index contributed by atoms with van der Waals surface area (Å²) >= 11 is 0. The van der Waals surface area contributed by atoms with E-state index in [1.165, 1.54) is 17.0 Å². The van der Waals surface area contributed by atoms with Crippen molar-refractivity contribution < 1.29 is 22.3 Å². The van der Waals surface area contributed by atoms with Crippen molar-refractivity contribution in [1.29, 1.82) is 0 Å². The maximum Gasteiger partial charge on any atom is 0.410 e. The Balaban J connectivity index is 2.00. The summed E-state index contributed by atoms with van der Waals surface area (Å²) in [6.07, 6.45) is -0.520. The van der Waals surface area contributed by atoms with Gasteiger partial charge in [0.05, 0.1) is 4.90 Å². The molecule has 1 aromatic rings. The zero-order chi connectivity index (χ0) is 15.8. The third kappa shape index (κ3) is 3.53. The van der Waals surface area contributed by atoms with Crippen molar-refractivity contribution in [3.8, 4) is 0 Å². The number of benzene rings is 1. The summed E-state index contributed by atoms with van der Waals surface area (Å²) in [4.78, 5) is 13.2. The molecular weight excluding hydrogens is 297 g/mol. The number of rotatable bonds is 2. The van der Waals surface area contributed by atoms with Gasteiger partial charge < -0.3 is 9.64 Å². The van der Waals surface area contributed by atoms with Crippen LogP contribution in [0, 0.1) is 5.82 Å². The molecule has 5 nitrogen and oxygen atoms in total. The van der Waals surface area contributed by atoms with Crippen molar-refractivity contribution in [1.82, 2.24) is 4.90 Å². The monoisotopic (exact) mass is 315 g/mol. The topological polar surface area (TPSA) is 63.7 Å². The standard InChI is InChI=1S/C14H18FNO4S/c1-14(2,3)20-13(17)16-8-12(9-16)21(18,19)11-6-4-10(15)5-7-11/h4-7,12H,8-9H2,1-3H3. The lowest BCUT2D eigenvalue weighted by Crippen LogP contribution is -2.57. The van der Waals surface area contributed by atoms with E-state index < -0.39 is 32.6 Å². The number of halogens is 1. The van der Waals surface area contributed by atoms with Gasteiger partial charge in [-0.1, -0.05) is 0 Å². The van der Waals surface area contributed by atoms with Gasteiger partial charge in [0.15, 0.2) is 9.84 Å². The second kappa shape index (κ2) is 5.29. The van der Waals surface area contributed by atoms with Crippen molar-refractivity contribution in [2.75, 3.05) is 13.1 Å². The molecule has 2 rings (SSSR count). The van der Waals surface area contributed by atoms with Crippen LogP contribution in [-0.2, 0) is 14.6 Å². The molecule has 0 radical (unpaired) electrons. The van der Waals surface area contributed by atoms with Gasteiger partial charge in [-0.2, -0.15) is 0 Å². The molecule has 116 valence electrons. The maximum atomic E-state index is 12.8. The summed E-state index contributed by atoms with van der Waals surface area (Å²) in [5.74, 6) is -0.488. The maximum absolute atomic E-state index is 12.8. The average molecular weight is 315 g/mol. The minimum absolute atomic E-state index is 0.0674. The van der Waals surface area contributed by atoms with Crippen LogP contribution in [0.1, 0.15) is 20.8 Å². The molecule has 7 heteroatoms. The summed E-state index contributed by atoms with van der Waals surface area (Å²) in [6, 6.07) is 4.69. The fourth-order valence-corrected chi connectivity index (χ4v) is 3.58. The van der Waals surface area contributed by atoms with Crippen LogP contribution in [-0.4, -0.2) is 43.4 Å². The fraction of sp³-hybridized carbons (Fsp3) is 0.500. The summed E-state index contributed by atoms with van der Waals surface area (Å²) in [5, 5.41) is -0.671. The Kier molecular flexibility index (Phi) is 3.97. The van der Waals surface area contributed by atoms with Crippen molar-refractivity contribution in [2.45, 2.75) is 36.5 Å². The van der Waals surface area contributed by atoms with Gasteiger partial charge in [-0.15, -0.1) is 0 Å². The Labute approximate surface area is 123 Å². The van der Waals surface area contributed by atoms with Crippen LogP contribution in [0.2, 0.25) is 0 Å². The van der Waals surface area contributed by atoms with Gasteiger partial charge in [-0.25, -0.2) is 17.6 Å².